The summed E-state index contributed by atoms with van der Waals surface area (Å²) in [4.78, 5) is 124. The van der Waals surface area contributed by atoms with Gasteiger partial charge in [0.15, 0.2) is 0 Å². The summed E-state index contributed by atoms with van der Waals surface area (Å²) in [5.41, 5.74) is 11.1. The van der Waals surface area contributed by atoms with Gasteiger partial charge in [0.2, 0.25) is 29.5 Å². The second kappa shape index (κ2) is 47.7. The number of likely N-dealkylation sites (N-methyl/N-ethyl adjacent to an activating group) is 4. The van der Waals surface area contributed by atoms with Gasteiger partial charge in [0.1, 0.15) is 51.9 Å². The molecular weight excluding hydrogens is 1830 g/mol. The molecule has 0 N–H and O–H groups in total. The molecular formula is C110H127N19O15. The maximum absolute atomic E-state index is 12.9. The molecule has 0 aliphatic carbocycles. The third kappa shape index (κ3) is 23.8. The fraction of sp³-hybridized carbons (Fsp3) is 0.382. The lowest BCUT2D eigenvalue weighted by Gasteiger charge is -2.35. The molecule has 5 aliphatic heterocycles. The van der Waals surface area contributed by atoms with Crippen LogP contribution in [0.15, 0.2) is 210 Å². The molecule has 0 atom stereocenters. The van der Waals surface area contributed by atoms with Gasteiger partial charge in [-0.15, -0.1) is 0 Å². The zero-order chi connectivity index (χ0) is 100. The Morgan fingerprint density at radius 2 is 0.701 bits per heavy atom. The van der Waals surface area contributed by atoms with Crippen LogP contribution in [0.25, 0.3) is 112 Å². The fourth-order valence-electron chi connectivity index (χ4n) is 18.4. The topological polar surface area (TPSA) is 357 Å². The molecule has 15 aromatic rings. The van der Waals surface area contributed by atoms with Crippen LogP contribution in [0.3, 0.4) is 0 Å². The summed E-state index contributed by atoms with van der Waals surface area (Å²) in [6.07, 6.45) is 7.45. The molecule has 0 radical (unpaired) electrons. The van der Waals surface area contributed by atoms with Crippen LogP contribution in [0.5, 0.6) is 28.7 Å². The molecule has 5 aliphatic rings. The molecule has 0 amide bonds. The number of pyridine rings is 3. The number of para-hydroxylation sites is 1. The van der Waals surface area contributed by atoms with Crippen LogP contribution < -0.4 is 76.3 Å². The van der Waals surface area contributed by atoms with Crippen LogP contribution in [-0.4, -0.2) is 266 Å². The maximum atomic E-state index is 12.9. The number of ether oxygens (including phenoxy) is 5. The van der Waals surface area contributed by atoms with Gasteiger partial charge in [-0.25, -0.2) is 63.8 Å². The second-order valence-corrected chi connectivity index (χ2v) is 35.8. The minimum absolute atomic E-state index is 0. The average Bonchev–Trinajstić information content (AvgIpc) is 0.775. The molecule has 0 saturated carbocycles. The maximum Gasteiger partial charge on any atom is 0.347 e. The first-order chi connectivity index (χ1) is 69.5. The molecule has 0 spiro atoms. The van der Waals surface area contributed by atoms with E-state index in [1.165, 1.54) is 0 Å². The van der Waals surface area contributed by atoms with E-state index in [-0.39, 0.29) is 42.0 Å². The van der Waals surface area contributed by atoms with E-state index in [0.29, 0.717) is 150 Å². The fourth-order valence-corrected chi connectivity index (χ4v) is 18.4. The number of aromatic nitrogens is 8. The van der Waals surface area contributed by atoms with Crippen LogP contribution in [0, 0.1) is 11.3 Å². The Morgan fingerprint density at radius 3 is 1.12 bits per heavy atom. The molecule has 34 nitrogen and oxygen atoms in total. The van der Waals surface area contributed by atoms with Gasteiger partial charge in [0.25, 0.3) is 0 Å². The molecule has 20 rings (SSSR count). The molecule has 144 heavy (non-hydrogen) atoms. The Labute approximate surface area is 836 Å². The first kappa shape index (κ1) is 103. The van der Waals surface area contributed by atoms with Crippen LogP contribution in [-0.2, 0) is 32.1 Å². The zero-order valence-corrected chi connectivity index (χ0v) is 83.8. The van der Waals surface area contributed by atoms with Crippen molar-refractivity contribution in [2.75, 3.05) is 226 Å². The van der Waals surface area contributed by atoms with Gasteiger partial charge in [0, 0.05) is 204 Å². The monoisotopic (exact) mass is 1950 g/mol. The summed E-state index contributed by atoms with van der Waals surface area (Å²) < 4.78 is 54.9. The largest absolute Gasteiger partial charge is 0.497 e. The van der Waals surface area contributed by atoms with Gasteiger partial charge < -0.3 is 89.9 Å². The van der Waals surface area contributed by atoms with Crippen LogP contribution in [0.4, 0.5) is 28.8 Å². The Hall–Kier alpha value is -15.0. The third-order valence-electron chi connectivity index (χ3n) is 26.8. The van der Waals surface area contributed by atoms with Crippen molar-refractivity contribution in [2.45, 2.75) is 80.6 Å². The highest BCUT2D eigenvalue weighted by Gasteiger charge is 2.29. The lowest BCUT2D eigenvalue weighted by atomic mass is 10.1. The molecule has 0 bridgehead atoms. The van der Waals surface area contributed by atoms with Crippen molar-refractivity contribution in [2.24, 2.45) is 0 Å². The number of nitriles is 1. The lowest BCUT2D eigenvalue weighted by molar-refractivity contribution is 0.263. The minimum atomic E-state index is -0.407. The van der Waals surface area contributed by atoms with Crippen molar-refractivity contribution in [1.29, 1.82) is 5.26 Å². The number of methoxy groups -OCH3 is 5. The summed E-state index contributed by atoms with van der Waals surface area (Å²) in [7, 11) is 16.6. The van der Waals surface area contributed by atoms with Gasteiger partial charge in [-0.3, -0.25) is 4.90 Å². The summed E-state index contributed by atoms with van der Waals surface area (Å²) in [6, 6.07) is 49.7. The van der Waals surface area contributed by atoms with E-state index in [2.05, 4.69) is 125 Å². The zero-order valence-electron chi connectivity index (χ0n) is 83.8. The van der Waals surface area contributed by atoms with Gasteiger partial charge in [-0.05, 0) is 185 Å². The molecule has 752 valence electrons. The average molecular weight is 1960 g/mol. The van der Waals surface area contributed by atoms with E-state index in [0.717, 1.165) is 205 Å². The van der Waals surface area contributed by atoms with Gasteiger partial charge in [0.05, 0.1) is 113 Å². The number of fused-ring (bicyclic) bond motifs is 5. The Morgan fingerprint density at radius 1 is 0.333 bits per heavy atom. The van der Waals surface area contributed by atoms with Gasteiger partial charge in [-0.2, -0.15) is 5.26 Å². The van der Waals surface area contributed by atoms with Crippen molar-refractivity contribution < 1.29 is 45.8 Å². The minimum Gasteiger partial charge on any atom is -0.497 e. The summed E-state index contributed by atoms with van der Waals surface area (Å²) >= 11 is 0. The molecule has 34 heteroatoms. The van der Waals surface area contributed by atoms with E-state index < -0.39 is 11.3 Å². The highest BCUT2D eigenvalue weighted by atomic mass is 16.5. The quantitative estimate of drug-likeness (QED) is 0.0608. The predicted octanol–water partition coefficient (Wildman–Crippen LogP) is 15.0. The molecule has 5 fully saturated rings. The van der Waals surface area contributed by atoms with Gasteiger partial charge >= 0.3 is 28.1 Å². The number of hydrogen-bond donors (Lipinski definition) is 0. The number of rotatable bonds is 22. The number of hydrogen-bond acceptors (Lipinski definition) is 34. The predicted molar refractivity (Wildman–Crippen MR) is 566 cm³/mol. The van der Waals surface area contributed by atoms with Crippen LogP contribution >= 0.6 is 0 Å². The summed E-state index contributed by atoms with van der Waals surface area (Å²) in [6.45, 7) is 29.7. The number of benzene rings is 7. The highest BCUT2D eigenvalue weighted by Crippen LogP contribution is 2.37. The van der Waals surface area contributed by atoms with E-state index in [1.807, 2.05) is 144 Å². The van der Waals surface area contributed by atoms with Crippen molar-refractivity contribution in [3.8, 4) is 92.2 Å². The van der Waals surface area contributed by atoms with Crippen LogP contribution in [0.1, 0.15) is 76.3 Å². The Balaban J connectivity index is 0.000000135. The van der Waals surface area contributed by atoms with Crippen molar-refractivity contribution in [3.63, 3.8) is 0 Å². The smallest absolute Gasteiger partial charge is 0.347 e. The number of piperazine rings is 5. The molecule has 8 aromatic heterocycles. The molecule has 7 aromatic carbocycles. The molecule has 5 saturated heterocycles. The van der Waals surface area contributed by atoms with Crippen molar-refractivity contribution in [1.82, 2.24) is 64.4 Å². The molecule has 0 unspecified atom stereocenters. The van der Waals surface area contributed by atoms with Gasteiger partial charge in [-0.1, -0.05) is 66.3 Å². The number of nitrogens with zero attached hydrogens (tertiary/aromatic N) is 19. The molecule has 13 heterocycles. The van der Waals surface area contributed by atoms with E-state index in [1.54, 1.807) is 78.3 Å². The van der Waals surface area contributed by atoms with Crippen molar-refractivity contribution in [3.05, 3.63) is 244 Å². The SMILES string of the molecule is C.CCc1cc(OC)cc2nc(-c3ccc(N4CCN(C)CC4)nc3)oc(=O)c12.CCc1cc(OC)cc2nc(-c3cccc(N4CCN(C)CC4)c3)oc(=O)c12.CCc1cc(OC)cc2nc(-c3cccc(N4CCN(C)CC4)n3)oc(=O)c12.CCc1cc(OC)cc2nc(-c3ccccc3N3CCN(C)CC3)oc(=O)c12.CCc1cc(OC)cc2nc(-c3cccnc3N3CCN(CCC#N)CC3)oc(=O)c12. The summed E-state index contributed by atoms with van der Waals surface area (Å²) in [5, 5.41) is 11.4. The Bertz CT molecular complexity index is 7220. The van der Waals surface area contributed by atoms with E-state index in [9.17, 15) is 24.0 Å². The normalized spacial score (nSPS) is 14.9. The first-order valence-corrected chi connectivity index (χ1v) is 48.8. The summed E-state index contributed by atoms with van der Waals surface area (Å²) in [5.74, 6) is 7.38. The third-order valence-corrected chi connectivity index (χ3v) is 26.8. The number of aryl methyl sites for hydroxylation is 5. The second-order valence-electron chi connectivity index (χ2n) is 35.8. The van der Waals surface area contributed by atoms with Crippen LogP contribution in [0.2, 0.25) is 0 Å². The first-order valence-electron chi connectivity index (χ1n) is 48.8. The number of anilines is 5. The van der Waals surface area contributed by atoms with E-state index in [4.69, 9.17) is 61.0 Å². The van der Waals surface area contributed by atoms with Crippen molar-refractivity contribution >= 4 is 83.3 Å². The standard InChI is InChI=1S/C23H25N5O3.2C22H25N3O3.2C21H24N4O3.CH4/c1-3-16-14-17(30-2)15-19-20(16)23(29)31-22(26-19)18-6-4-8-25-21(18)28-12-10-27(11-13-28)9-5-7-24;1-4-15-13-18(27-3)14-19-20(15)22(26)28-21(23-19)16-6-5-7-17(12-16)25-10-8-24(2)9-11-25;1-4-15-13-16(27-3)14-18-20(15)22(26)28-21(23-18)17-7-5-6-8-19(17)25-11-9-24(2)10-12-25;1-4-14-11-16(27-3)12-17-19(14)21(26)28-20(23-17)15-5-6-18(22-13-15)25-9-7-24(2)8-10-25;1-4-14-12-15(27-3)13-17-19(14)21(26)28-20(23-17)16-6-5-7-18(22-16)25-10-8-24(2)9-11-25;/h4,6,8,14-15H,3,5,9-13H2,1-2H3;5-7,12-14H,4,8-11H2,1-3H3;5-8,13-14H,4,9-12H2,1-3H3;5-6,11-13H,4,7-10H2,1-3H3;5-7,12-13H,4,8-11H2,1-3H3;1H4. The highest BCUT2D eigenvalue weighted by molar-refractivity contribution is 5.89. The Kier molecular flexibility index (Phi) is 34.2. The lowest BCUT2D eigenvalue weighted by Crippen LogP contribution is -2.47. The van der Waals surface area contributed by atoms with E-state index >= 15 is 0 Å².